The van der Waals surface area contributed by atoms with Crippen LogP contribution in [0.2, 0.25) is 0 Å². The van der Waals surface area contributed by atoms with E-state index >= 15 is 0 Å². The molecule has 0 radical (unpaired) electrons. The summed E-state index contributed by atoms with van der Waals surface area (Å²) in [6.45, 7) is 5.43. The molecule has 6 nitrogen and oxygen atoms in total. The Labute approximate surface area is 134 Å². The monoisotopic (exact) mass is 317 g/mol. The summed E-state index contributed by atoms with van der Waals surface area (Å²) in [5, 5.41) is 11.6. The molecule has 2 N–H and O–H groups in total. The molecule has 0 saturated heterocycles. The topological polar surface area (TPSA) is 88.8 Å². The largest absolute Gasteiger partial charge is 0.483 e. The Balaban J connectivity index is 1.87. The summed E-state index contributed by atoms with van der Waals surface area (Å²) >= 11 is 0. The lowest BCUT2D eigenvalue weighted by Gasteiger charge is -2.09. The number of amides is 1. The van der Waals surface area contributed by atoms with Gasteiger partial charge in [-0.15, -0.1) is 0 Å². The Kier molecular flexibility index (Phi) is 5.05. The summed E-state index contributed by atoms with van der Waals surface area (Å²) < 4.78 is 10.8. The molecular formula is C17H19NO5. The fourth-order valence-corrected chi connectivity index (χ4v) is 2.09. The van der Waals surface area contributed by atoms with E-state index in [1.54, 1.807) is 6.92 Å². The quantitative estimate of drug-likeness (QED) is 0.855. The van der Waals surface area contributed by atoms with Crippen LogP contribution in [0.25, 0.3) is 0 Å². The first-order valence-electron chi connectivity index (χ1n) is 7.16. The van der Waals surface area contributed by atoms with Gasteiger partial charge in [0.05, 0.1) is 6.54 Å². The fourth-order valence-electron chi connectivity index (χ4n) is 2.09. The van der Waals surface area contributed by atoms with Crippen LogP contribution in [0.1, 0.15) is 33.0 Å². The van der Waals surface area contributed by atoms with Gasteiger partial charge < -0.3 is 19.6 Å². The van der Waals surface area contributed by atoms with Crippen LogP contribution in [0.3, 0.4) is 0 Å². The van der Waals surface area contributed by atoms with Crippen molar-refractivity contribution < 1.29 is 23.8 Å². The number of carbonyl (C=O) groups is 2. The lowest BCUT2D eigenvalue weighted by atomic mass is 10.1. The second kappa shape index (κ2) is 7.00. The second-order valence-electron chi connectivity index (χ2n) is 5.32. The van der Waals surface area contributed by atoms with Gasteiger partial charge in [-0.3, -0.25) is 4.79 Å². The van der Waals surface area contributed by atoms with Crippen molar-refractivity contribution in [1.29, 1.82) is 0 Å². The van der Waals surface area contributed by atoms with Crippen LogP contribution >= 0.6 is 0 Å². The Morgan fingerprint density at radius 2 is 1.96 bits per heavy atom. The lowest BCUT2D eigenvalue weighted by molar-refractivity contribution is -0.123. The first-order valence-corrected chi connectivity index (χ1v) is 7.16. The molecule has 0 aliphatic rings. The number of ether oxygens (including phenoxy) is 1. The molecule has 2 rings (SSSR count). The molecular weight excluding hydrogens is 298 g/mol. The van der Waals surface area contributed by atoms with E-state index in [9.17, 15) is 9.59 Å². The highest BCUT2D eigenvalue weighted by molar-refractivity contribution is 5.88. The van der Waals surface area contributed by atoms with Crippen molar-refractivity contribution >= 4 is 11.9 Å². The van der Waals surface area contributed by atoms with Gasteiger partial charge in [0.2, 0.25) is 0 Å². The maximum Gasteiger partial charge on any atom is 0.339 e. The summed E-state index contributed by atoms with van der Waals surface area (Å²) in [7, 11) is 0. The van der Waals surface area contributed by atoms with Crippen LogP contribution in [0.15, 0.2) is 28.7 Å². The summed E-state index contributed by atoms with van der Waals surface area (Å²) in [4.78, 5) is 22.7. The van der Waals surface area contributed by atoms with Crippen molar-refractivity contribution in [3.05, 3.63) is 52.5 Å². The molecule has 0 atom stereocenters. The number of nitrogens with one attached hydrogen (secondary N) is 1. The van der Waals surface area contributed by atoms with Gasteiger partial charge in [-0.1, -0.05) is 12.1 Å². The molecule has 0 fully saturated rings. The zero-order valence-electron chi connectivity index (χ0n) is 13.3. The summed E-state index contributed by atoms with van der Waals surface area (Å²) in [6.07, 6.45) is 0. The second-order valence-corrected chi connectivity index (χ2v) is 5.32. The molecule has 0 aliphatic heterocycles. The van der Waals surface area contributed by atoms with Crippen LogP contribution < -0.4 is 10.1 Å². The van der Waals surface area contributed by atoms with Gasteiger partial charge in [-0.25, -0.2) is 4.79 Å². The van der Waals surface area contributed by atoms with Gasteiger partial charge in [0.15, 0.2) is 6.61 Å². The third kappa shape index (κ3) is 4.35. The number of benzene rings is 1. The van der Waals surface area contributed by atoms with Crippen molar-refractivity contribution in [2.24, 2.45) is 0 Å². The number of rotatable bonds is 6. The number of aryl methyl sites for hydroxylation is 3. The molecule has 122 valence electrons. The van der Waals surface area contributed by atoms with E-state index in [4.69, 9.17) is 14.3 Å². The average Bonchev–Trinajstić information content (AvgIpc) is 2.87. The minimum atomic E-state index is -1.05. The zero-order valence-corrected chi connectivity index (χ0v) is 13.3. The van der Waals surface area contributed by atoms with E-state index in [2.05, 4.69) is 5.32 Å². The van der Waals surface area contributed by atoms with Crippen molar-refractivity contribution in [2.75, 3.05) is 6.61 Å². The molecule has 0 spiro atoms. The molecule has 1 amide bonds. The Morgan fingerprint density at radius 1 is 1.22 bits per heavy atom. The van der Waals surface area contributed by atoms with E-state index in [1.165, 1.54) is 6.07 Å². The number of carboxylic acid groups (broad SMARTS) is 1. The number of carbonyl (C=O) groups excluding carboxylic acids is 1. The molecule has 0 saturated carbocycles. The lowest BCUT2D eigenvalue weighted by Crippen LogP contribution is -2.28. The Morgan fingerprint density at radius 3 is 2.61 bits per heavy atom. The Bertz CT molecular complexity index is 733. The summed E-state index contributed by atoms with van der Waals surface area (Å²) in [5.41, 5.74) is 2.11. The molecule has 1 aromatic carbocycles. The zero-order chi connectivity index (χ0) is 17.0. The highest BCUT2D eigenvalue weighted by Gasteiger charge is 2.14. The van der Waals surface area contributed by atoms with Crippen LogP contribution in [-0.2, 0) is 11.3 Å². The SMILES string of the molecule is Cc1ccc(C)c(OCC(=O)NCc2cc(C(=O)O)c(C)o2)c1. The first-order chi connectivity index (χ1) is 10.9. The highest BCUT2D eigenvalue weighted by Crippen LogP contribution is 2.19. The maximum absolute atomic E-state index is 11.8. The normalized spacial score (nSPS) is 10.4. The first kappa shape index (κ1) is 16.6. The standard InChI is InChI=1S/C17H19NO5/c1-10-4-5-11(2)15(6-10)22-9-16(19)18-8-13-7-14(17(20)21)12(3)23-13/h4-7H,8-9H2,1-3H3,(H,18,19)(H,20,21). The molecule has 6 heteroatoms. The van der Waals surface area contributed by atoms with Crippen molar-refractivity contribution in [3.8, 4) is 5.75 Å². The molecule has 23 heavy (non-hydrogen) atoms. The molecule has 0 bridgehead atoms. The van der Waals surface area contributed by atoms with Gasteiger partial charge in [0, 0.05) is 0 Å². The van der Waals surface area contributed by atoms with E-state index in [0.717, 1.165) is 11.1 Å². The van der Waals surface area contributed by atoms with E-state index in [-0.39, 0.29) is 24.6 Å². The van der Waals surface area contributed by atoms with Gasteiger partial charge in [-0.2, -0.15) is 0 Å². The fraction of sp³-hybridized carbons (Fsp3) is 0.294. The van der Waals surface area contributed by atoms with Crippen LogP contribution in [0, 0.1) is 20.8 Å². The average molecular weight is 317 g/mol. The summed E-state index contributed by atoms with van der Waals surface area (Å²) in [6, 6.07) is 7.18. The van der Waals surface area contributed by atoms with Gasteiger partial charge in [-0.05, 0) is 44.0 Å². The third-order valence-electron chi connectivity index (χ3n) is 3.36. The number of aromatic carboxylic acids is 1. The van der Waals surface area contributed by atoms with Crippen LogP contribution in [0.4, 0.5) is 0 Å². The predicted octanol–water partition coefficient (Wildman–Crippen LogP) is 2.60. The molecule has 0 aliphatic carbocycles. The van der Waals surface area contributed by atoms with E-state index in [0.29, 0.717) is 17.3 Å². The van der Waals surface area contributed by atoms with E-state index < -0.39 is 5.97 Å². The molecule has 2 aromatic rings. The van der Waals surface area contributed by atoms with Crippen molar-refractivity contribution in [2.45, 2.75) is 27.3 Å². The molecule has 1 heterocycles. The van der Waals surface area contributed by atoms with Crippen LogP contribution in [-0.4, -0.2) is 23.6 Å². The minimum absolute atomic E-state index is 0.0980. The Hall–Kier alpha value is -2.76. The third-order valence-corrected chi connectivity index (χ3v) is 3.36. The van der Waals surface area contributed by atoms with Crippen LogP contribution in [0.5, 0.6) is 5.75 Å². The minimum Gasteiger partial charge on any atom is -0.483 e. The smallest absolute Gasteiger partial charge is 0.339 e. The number of hydrogen-bond acceptors (Lipinski definition) is 4. The molecule has 1 aromatic heterocycles. The maximum atomic E-state index is 11.8. The van der Waals surface area contributed by atoms with Crippen molar-refractivity contribution in [3.63, 3.8) is 0 Å². The number of hydrogen-bond donors (Lipinski definition) is 2. The highest BCUT2D eigenvalue weighted by atomic mass is 16.5. The summed E-state index contributed by atoms with van der Waals surface area (Å²) in [5.74, 6) is 0.00874. The molecule has 0 unspecified atom stereocenters. The van der Waals surface area contributed by atoms with Gasteiger partial charge in [0.25, 0.3) is 5.91 Å². The number of furan rings is 1. The van der Waals surface area contributed by atoms with E-state index in [1.807, 2.05) is 32.0 Å². The number of carboxylic acids is 1. The van der Waals surface area contributed by atoms with Gasteiger partial charge in [0.1, 0.15) is 22.8 Å². The van der Waals surface area contributed by atoms with Crippen molar-refractivity contribution in [1.82, 2.24) is 5.32 Å². The van der Waals surface area contributed by atoms with Gasteiger partial charge >= 0.3 is 5.97 Å². The predicted molar refractivity (Wildman–Crippen MR) is 83.7 cm³/mol.